The lowest BCUT2D eigenvalue weighted by Gasteiger charge is -2.27. The average Bonchev–Trinajstić information content (AvgIpc) is 2.91. The minimum Gasteiger partial charge on any atom is -0.381 e. The fourth-order valence-corrected chi connectivity index (χ4v) is 3.80. The second-order valence-electron chi connectivity index (χ2n) is 6.92. The zero-order valence-electron chi connectivity index (χ0n) is 13.1. The molecule has 2 fully saturated rings. The van der Waals surface area contributed by atoms with Crippen molar-refractivity contribution in [3.8, 4) is 0 Å². The molecule has 3 heterocycles. The second-order valence-corrected chi connectivity index (χ2v) is 6.92. The number of Topliss-reactive ketones (excluding diaryl/α,β-unsaturated/α-hetero) is 1. The summed E-state index contributed by atoms with van der Waals surface area (Å²) in [7, 11) is 0. The van der Waals surface area contributed by atoms with Crippen LogP contribution in [0.25, 0.3) is 0 Å². The summed E-state index contributed by atoms with van der Waals surface area (Å²) in [5, 5.41) is 0. The molecule has 4 nitrogen and oxygen atoms in total. The Hall–Kier alpha value is -1.42. The van der Waals surface area contributed by atoms with Crippen LogP contribution in [-0.2, 0) is 4.74 Å². The van der Waals surface area contributed by atoms with Crippen LogP contribution in [0.4, 0.5) is 5.82 Å². The van der Waals surface area contributed by atoms with E-state index in [4.69, 9.17) is 9.73 Å². The van der Waals surface area contributed by atoms with Crippen molar-refractivity contribution in [2.75, 3.05) is 13.2 Å². The number of aliphatic imine (C=N–C) groups is 1. The Kier molecular flexibility index (Phi) is 3.87. The van der Waals surface area contributed by atoms with Gasteiger partial charge >= 0.3 is 0 Å². The van der Waals surface area contributed by atoms with E-state index in [1.807, 2.05) is 6.07 Å². The zero-order valence-corrected chi connectivity index (χ0v) is 13.1. The van der Waals surface area contributed by atoms with Gasteiger partial charge in [-0.3, -0.25) is 4.79 Å². The molecule has 1 aromatic rings. The normalized spacial score (nSPS) is 23.1. The molecule has 0 spiro atoms. The lowest BCUT2D eigenvalue weighted by Crippen LogP contribution is -2.21. The zero-order chi connectivity index (χ0) is 14.9. The van der Waals surface area contributed by atoms with Crippen LogP contribution >= 0.6 is 0 Å². The Bertz CT molecular complexity index is 592. The van der Waals surface area contributed by atoms with Crippen molar-refractivity contribution < 1.29 is 9.53 Å². The molecule has 118 valence electrons. The molecule has 3 aliphatic rings. The van der Waals surface area contributed by atoms with E-state index in [0.717, 1.165) is 55.5 Å². The first kappa shape index (κ1) is 14.2. The molecule has 1 aromatic heterocycles. The van der Waals surface area contributed by atoms with Gasteiger partial charge in [-0.05, 0) is 37.7 Å². The van der Waals surface area contributed by atoms with E-state index in [1.165, 1.54) is 25.7 Å². The third kappa shape index (κ3) is 2.65. The van der Waals surface area contributed by atoms with Crippen LogP contribution in [0, 0.1) is 5.92 Å². The van der Waals surface area contributed by atoms with Gasteiger partial charge in [0.2, 0.25) is 0 Å². The SMILES string of the molecule is O=C1CC(CCC2CCC2)=Nc2c1ccn2C1CCOCC1. The van der Waals surface area contributed by atoms with Gasteiger partial charge in [-0.1, -0.05) is 19.3 Å². The van der Waals surface area contributed by atoms with Crippen LogP contribution in [0.3, 0.4) is 0 Å². The molecule has 1 aliphatic carbocycles. The first-order valence-corrected chi connectivity index (χ1v) is 8.69. The number of rotatable bonds is 4. The molecule has 4 heteroatoms. The topological polar surface area (TPSA) is 43.6 Å². The molecular formula is C18H24N2O2. The summed E-state index contributed by atoms with van der Waals surface area (Å²) >= 11 is 0. The number of ether oxygens (including phenoxy) is 1. The van der Waals surface area contributed by atoms with E-state index in [-0.39, 0.29) is 5.78 Å². The maximum absolute atomic E-state index is 12.4. The van der Waals surface area contributed by atoms with Crippen molar-refractivity contribution in [2.45, 2.75) is 57.4 Å². The molecule has 0 amide bonds. The molecule has 1 saturated carbocycles. The number of carbonyl (C=O) groups excluding carboxylic acids is 1. The Morgan fingerprint density at radius 3 is 2.77 bits per heavy atom. The van der Waals surface area contributed by atoms with Crippen LogP contribution in [-0.4, -0.2) is 29.3 Å². The molecular weight excluding hydrogens is 276 g/mol. The monoisotopic (exact) mass is 300 g/mol. The lowest BCUT2D eigenvalue weighted by molar-refractivity contribution is 0.0700. The highest BCUT2D eigenvalue weighted by atomic mass is 16.5. The first-order valence-electron chi connectivity index (χ1n) is 8.69. The molecule has 2 aliphatic heterocycles. The van der Waals surface area contributed by atoms with Crippen LogP contribution in [0.15, 0.2) is 17.3 Å². The summed E-state index contributed by atoms with van der Waals surface area (Å²) in [4.78, 5) is 17.3. The molecule has 22 heavy (non-hydrogen) atoms. The predicted octanol–water partition coefficient (Wildman–Crippen LogP) is 4.08. The van der Waals surface area contributed by atoms with Gasteiger partial charge in [0.05, 0.1) is 5.56 Å². The molecule has 0 atom stereocenters. The van der Waals surface area contributed by atoms with Gasteiger partial charge in [0.1, 0.15) is 5.82 Å². The van der Waals surface area contributed by atoms with Crippen LogP contribution in [0.5, 0.6) is 0 Å². The summed E-state index contributed by atoms with van der Waals surface area (Å²) in [6.07, 6.45) is 10.9. The number of aromatic nitrogens is 1. The third-order valence-corrected chi connectivity index (χ3v) is 5.47. The minimum absolute atomic E-state index is 0.249. The average molecular weight is 300 g/mol. The standard InChI is InChI=1S/C18H24N2O2/c21-17-12-14(5-4-13-2-1-3-13)19-18-16(17)6-9-20(18)15-7-10-22-11-8-15/h6,9,13,15H,1-5,7-8,10-12H2. The third-order valence-electron chi connectivity index (χ3n) is 5.47. The van der Waals surface area contributed by atoms with Gasteiger partial charge in [-0.15, -0.1) is 0 Å². The fourth-order valence-electron chi connectivity index (χ4n) is 3.80. The summed E-state index contributed by atoms with van der Waals surface area (Å²) in [5.74, 6) is 2.03. The van der Waals surface area contributed by atoms with Crippen LogP contribution < -0.4 is 0 Å². The van der Waals surface area contributed by atoms with Crippen molar-refractivity contribution >= 4 is 17.3 Å². The maximum Gasteiger partial charge on any atom is 0.172 e. The molecule has 0 radical (unpaired) electrons. The molecule has 0 aromatic carbocycles. The smallest absolute Gasteiger partial charge is 0.172 e. The van der Waals surface area contributed by atoms with Crippen LogP contribution in [0.1, 0.15) is 67.8 Å². The van der Waals surface area contributed by atoms with Crippen molar-refractivity contribution in [1.29, 1.82) is 0 Å². The van der Waals surface area contributed by atoms with Crippen LogP contribution in [0.2, 0.25) is 0 Å². The highest BCUT2D eigenvalue weighted by Gasteiger charge is 2.27. The Labute approximate surface area is 131 Å². The summed E-state index contributed by atoms with van der Waals surface area (Å²) in [6.45, 7) is 1.62. The molecule has 0 bridgehead atoms. The molecule has 0 N–H and O–H groups in total. The van der Waals surface area contributed by atoms with Gasteiger partial charge in [0.25, 0.3) is 0 Å². The number of fused-ring (bicyclic) bond motifs is 1. The first-order chi connectivity index (χ1) is 10.8. The highest BCUT2D eigenvalue weighted by Crippen LogP contribution is 2.35. The summed E-state index contributed by atoms with van der Waals surface area (Å²) < 4.78 is 7.67. The molecule has 4 rings (SSSR count). The Morgan fingerprint density at radius 1 is 1.23 bits per heavy atom. The van der Waals surface area contributed by atoms with Gasteiger partial charge in [0.15, 0.2) is 5.78 Å². The lowest BCUT2D eigenvalue weighted by atomic mass is 9.81. The number of carbonyl (C=O) groups is 1. The van der Waals surface area contributed by atoms with Gasteiger partial charge in [0, 0.05) is 37.6 Å². The largest absolute Gasteiger partial charge is 0.381 e. The maximum atomic E-state index is 12.4. The van der Waals surface area contributed by atoms with Gasteiger partial charge < -0.3 is 9.30 Å². The van der Waals surface area contributed by atoms with Crippen molar-refractivity contribution in [3.63, 3.8) is 0 Å². The van der Waals surface area contributed by atoms with E-state index in [1.54, 1.807) is 0 Å². The summed E-state index contributed by atoms with van der Waals surface area (Å²) in [5.41, 5.74) is 1.91. The van der Waals surface area contributed by atoms with E-state index in [9.17, 15) is 4.79 Å². The van der Waals surface area contributed by atoms with Gasteiger partial charge in [-0.2, -0.15) is 0 Å². The van der Waals surface area contributed by atoms with E-state index in [2.05, 4.69) is 10.8 Å². The highest BCUT2D eigenvalue weighted by molar-refractivity contribution is 6.15. The predicted molar refractivity (Wildman–Crippen MR) is 86.1 cm³/mol. The van der Waals surface area contributed by atoms with Crippen molar-refractivity contribution in [3.05, 3.63) is 17.8 Å². The van der Waals surface area contributed by atoms with E-state index in [0.29, 0.717) is 12.5 Å². The Balaban J connectivity index is 1.55. The van der Waals surface area contributed by atoms with E-state index < -0.39 is 0 Å². The van der Waals surface area contributed by atoms with E-state index >= 15 is 0 Å². The molecule has 0 unspecified atom stereocenters. The molecule has 1 saturated heterocycles. The second kappa shape index (κ2) is 5.99. The number of hydrogen-bond donors (Lipinski definition) is 0. The van der Waals surface area contributed by atoms with Crippen molar-refractivity contribution in [1.82, 2.24) is 4.57 Å². The Morgan fingerprint density at radius 2 is 2.05 bits per heavy atom. The quantitative estimate of drug-likeness (QED) is 0.841. The number of hydrogen-bond acceptors (Lipinski definition) is 3. The fraction of sp³-hybridized carbons (Fsp3) is 0.667. The number of ketones is 1. The van der Waals surface area contributed by atoms with Gasteiger partial charge in [-0.25, -0.2) is 4.99 Å². The minimum atomic E-state index is 0.249. The van der Waals surface area contributed by atoms with Crippen molar-refractivity contribution in [2.24, 2.45) is 10.9 Å². The number of nitrogens with zero attached hydrogens (tertiary/aromatic N) is 2. The summed E-state index contributed by atoms with van der Waals surface area (Å²) in [6, 6.07) is 2.39.